The minimum absolute atomic E-state index is 0.708. The predicted molar refractivity (Wildman–Crippen MR) is 97.6 cm³/mol. The Kier molecular flexibility index (Phi) is 4.06. The molecule has 1 aromatic carbocycles. The van der Waals surface area contributed by atoms with Gasteiger partial charge in [-0.05, 0) is 29.8 Å². The molecular weight excluding hydrogens is 338 g/mol. The molecule has 3 aromatic heterocycles. The summed E-state index contributed by atoms with van der Waals surface area (Å²) in [5.74, 6) is 0. The lowest BCUT2D eigenvalue weighted by Crippen LogP contribution is -1.99. The van der Waals surface area contributed by atoms with E-state index in [1.807, 2.05) is 41.2 Å². The Hall–Kier alpha value is -2.57. The molecule has 0 spiro atoms. The van der Waals surface area contributed by atoms with E-state index in [2.05, 4.69) is 34.6 Å². The van der Waals surface area contributed by atoms with Gasteiger partial charge in [0.25, 0.3) is 0 Å². The number of nitrogens with zero attached hydrogens (tertiary/aromatic N) is 3. The first-order chi connectivity index (χ1) is 11.8. The molecule has 0 aliphatic heterocycles. The number of carbonyl (C=O) groups is 1. The molecule has 0 saturated heterocycles. The molecule has 4 nitrogen and oxygen atoms in total. The summed E-state index contributed by atoms with van der Waals surface area (Å²) in [6.07, 6.45) is 2.85. The monoisotopic (exact) mass is 351 g/mol. The van der Waals surface area contributed by atoms with Crippen LogP contribution in [-0.4, -0.2) is 21.3 Å². The Morgan fingerprint density at radius 1 is 0.917 bits per heavy atom. The number of aromatic nitrogens is 3. The van der Waals surface area contributed by atoms with Crippen LogP contribution in [0.2, 0.25) is 0 Å². The van der Waals surface area contributed by atoms with Crippen LogP contribution < -0.4 is 0 Å². The molecule has 0 aliphatic carbocycles. The molecule has 118 valence electrons. The van der Waals surface area contributed by atoms with Gasteiger partial charge in [0, 0.05) is 9.75 Å². The van der Waals surface area contributed by atoms with Gasteiger partial charge < -0.3 is 0 Å². The van der Waals surface area contributed by atoms with E-state index in [0.29, 0.717) is 6.54 Å². The number of rotatable bonds is 5. The van der Waals surface area contributed by atoms with Crippen LogP contribution in [-0.2, 0) is 6.54 Å². The highest BCUT2D eigenvalue weighted by Crippen LogP contribution is 2.36. The lowest BCUT2D eigenvalue weighted by Gasteiger charge is -1.99. The van der Waals surface area contributed by atoms with Crippen LogP contribution >= 0.6 is 22.7 Å². The summed E-state index contributed by atoms with van der Waals surface area (Å²) in [7, 11) is 0. The summed E-state index contributed by atoms with van der Waals surface area (Å²) in [4.78, 5) is 14.9. The summed E-state index contributed by atoms with van der Waals surface area (Å²) in [6, 6.07) is 18.1. The maximum absolute atomic E-state index is 10.8. The molecule has 6 heteroatoms. The van der Waals surface area contributed by atoms with Crippen LogP contribution in [0.4, 0.5) is 0 Å². The van der Waals surface area contributed by atoms with Crippen molar-refractivity contribution in [3.8, 4) is 20.3 Å². The van der Waals surface area contributed by atoms with Gasteiger partial charge in [-0.3, -0.25) is 4.79 Å². The third kappa shape index (κ3) is 3.06. The molecule has 0 amide bonds. The van der Waals surface area contributed by atoms with Gasteiger partial charge in [0.15, 0.2) is 6.29 Å². The van der Waals surface area contributed by atoms with Gasteiger partial charge >= 0.3 is 0 Å². The van der Waals surface area contributed by atoms with E-state index < -0.39 is 0 Å². The third-order valence-corrected chi connectivity index (χ3v) is 5.88. The molecule has 24 heavy (non-hydrogen) atoms. The van der Waals surface area contributed by atoms with Crippen molar-refractivity contribution in [2.24, 2.45) is 0 Å². The molecule has 0 bridgehead atoms. The van der Waals surface area contributed by atoms with E-state index in [9.17, 15) is 4.79 Å². The topological polar surface area (TPSA) is 47.8 Å². The first-order valence-corrected chi connectivity index (χ1v) is 9.05. The largest absolute Gasteiger partial charge is 0.297 e. The fourth-order valence-electron chi connectivity index (χ4n) is 2.42. The highest BCUT2D eigenvalue weighted by Gasteiger charge is 2.10. The lowest BCUT2D eigenvalue weighted by molar-refractivity contribution is 0.112. The average molecular weight is 351 g/mol. The Morgan fingerprint density at radius 3 is 2.46 bits per heavy atom. The molecular formula is C18H13N3OS2. The molecule has 0 radical (unpaired) electrons. The number of hydrogen-bond donors (Lipinski definition) is 0. The van der Waals surface area contributed by atoms with Crippen molar-refractivity contribution in [1.29, 1.82) is 0 Å². The smallest absolute Gasteiger partial charge is 0.160 e. The van der Waals surface area contributed by atoms with Crippen LogP contribution in [0.15, 0.2) is 60.8 Å². The third-order valence-electron chi connectivity index (χ3n) is 3.57. The second-order valence-electron chi connectivity index (χ2n) is 5.27. The number of hydrogen-bond acceptors (Lipinski definition) is 5. The van der Waals surface area contributed by atoms with Crippen LogP contribution in [0.25, 0.3) is 20.3 Å². The van der Waals surface area contributed by atoms with Crippen LogP contribution in [0.5, 0.6) is 0 Å². The number of benzene rings is 1. The minimum Gasteiger partial charge on any atom is -0.297 e. The SMILES string of the molecule is O=Cc1ccc(-c2ccc(-c3cn(Cc4ccccc4)nn3)s2)s1. The van der Waals surface area contributed by atoms with Crippen LogP contribution in [0, 0.1) is 0 Å². The van der Waals surface area contributed by atoms with Crippen molar-refractivity contribution < 1.29 is 4.79 Å². The van der Waals surface area contributed by atoms with Gasteiger partial charge in [0.05, 0.1) is 22.5 Å². The van der Waals surface area contributed by atoms with Crippen molar-refractivity contribution in [3.63, 3.8) is 0 Å². The number of thiophene rings is 2. The Balaban J connectivity index is 1.55. The Bertz CT molecular complexity index is 969. The Labute approximate surface area is 147 Å². The minimum atomic E-state index is 0.708. The summed E-state index contributed by atoms with van der Waals surface area (Å²) in [5, 5.41) is 8.50. The van der Waals surface area contributed by atoms with Gasteiger partial charge in [0.1, 0.15) is 5.69 Å². The zero-order valence-electron chi connectivity index (χ0n) is 12.6. The first-order valence-electron chi connectivity index (χ1n) is 7.41. The van der Waals surface area contributed by atoms with E-state index >= 15 is 0 Å². The highest BCUT2D eigenvalue weighted by atomic mass is 32.1. The van der Waals surface area contributed by atoms with Crippen molar-refractivity contribution in [1.82, 2.24) is 15.0 Å². The fourth-order valence-corrected chi connectivity index (χ4v) is 4.28. The van der Waals surface area contributed by atoms with E-state index in [0.717, 1.165) is 31.5 Å². The molecule has 0 N–H and O–H groups in total. The van der Waals surface area contributed by atoms with Gasteiger partial charge in [0.2, 0.25) is 0 Å². The predicted octanol–water partition coefficient (Wildman–Crippen LogP) is 4.60. The number of carbonyl (C=O) groups excluding carboxylic acids is 1. The second kappa shape index (κ2) is 6.51. The summed E-state index contributed by atoms with van der Waals surface area (Å²) >= 11 is 3.16. The van der Waals surface area contributed by atoms with E-state index in [-0.39, 0.29) is 0 Å². The molecule has 4 rings (SSSR count). The van der Waals surface area contributed by atoms with Crippen molar-refractivity contribution >= 4 is 29.0 Å². The lowest BCUT2D eigenvalue weighted by atomic mass is 10.2. The molecule has 3 heterocycles. The van der Waals surface area contributed by atoms with Crippen LogP contribution in [0.3, 0.4) is 0 Å². The maximum atomic E-state index is 10.8. The first kappa shape index (κ1) is 15.0. The van der Waals surface area contributed by atoms with E-state index in [4.69, 9.17) is 0 Å². The molecule has 0 aliphatic rings. The van der Waals surface area contributed by atoms with Crippen molar-refractivity contribution in [3.05, 3.63) is 71.2 Å². The van der Waals surface area contributed by atoms with E-state index in [1.54, 1.807) is 11.3 Å². The zero-order chi connectivity index (χ0) is 16.4. The highest BCUT2D eigenvalue weighted by molar-refractivity contribution is 7.24. The summed E-state index contributed by atoms with van der Waals surface area (Å²) in [5.41, 5.74) is 2.06. The number of aldehydes is 1. The maximum Gasteiger partial charge on any atom is 0.160 e. The van der Waals surface area contributed by atoms with Gasteiger partial charge in [-0.25, -0.2) is 4.68 Å². The molecule has 0 atom stereocenters. The fraction of sp³-hybridized carbons (Fsp3) is 0.0556. The van der Waals surface area contributed by atoms with E-state index in [1.165, 1.54) is 16.9 Å². The summed E-state index contributed by atoms with van der Waals surface area (Å²) in [6.45, 7) is 0.708. The van der Waals surface area contributed by atoms with Crippen LogP contribution in [0.1, 0.15) is 15.2 Å². The van der Waals surface area contributed by atoms with Gasteiger partial charge in [-0.15, -0.1) is 27.8 Å². The quantitative estimate of drug-likeness (QED) is 0.494. The molecule has 4 aromatic rings. The zero-order valence-corrected chi connectivity index (χ0v) is 14.3. The van der Waals surface area contributed by atoms with Gasteiger partial charge in [-0.2, -0.15) is 0 Å². The standard InChI is InChI=1S/C18H13N3OS2/c22-12-14-6-7-17(23-14)18-9-8-16(24-18)15-11-21(20-19-15)10-13-4-2-1-3-5-13/h1-9,11-12H,10H2. The van der Waals surface area contributed by atoms with Crippen molar-refractivity contribution in [2.75, 3.05) is 0 Å². The summed E-state index contributed by atoms with van der Waals surface area (Å²) < 4.78 is 1.85. The molecule has 0 unspecified atom stereocenters. The Morgan fingerprint density at radius 2 is 1.67 bits per heavy atom. The molecule has 0 fully saturated rings. The average Bonchev–Trinajstić information content (AvgIpc) is 3.35. The van der Waals surface area contributed by atoms with Gasteiger partial charge in [-0.1, -0.05) is 35.5 Å². The second-order valence-corrected chi connectivity index (χ2v) is 7.47. The van der Waals surface area contributed by atoms with Crippen molar-refractivity contribution in [2.45, 2.75) is 6.54 Å². The molecule has 0 saturated carbocycles. The normalized spacial score (nSPS) is 10.8.